The van der Waals surface area contributed by atoms with Crippen molar-refractivity contribution in [3.8, 4) is 0 Å². The number of quaternary nitrogens is 1. The van der Waals surface area contributed by atoms with Gasteiger partial charge in [-0.2, -0.15) is 0 Å². The average Bonchev–Trinajstić information content (AvgIpc) is 3.21. The predicted molar refractivity (Wildman–Crippen MR) is 120 cm³/mol. The van der Waals surface area contributed by atoms with Gasteiger partial charge in [-0.25, -0.2) is 0 Å². The summed E-state index contributed by atoms with van der Waals surface area (Å²) >= 11 is 0. The molecule has 0 bridgehead atoms. The van der Waals surface area contributed by atoms with Gasteiger partial charge < -0.3 is 19.9 Å². The lowest BCUT2D eigenvalue weighted by molar-refractivity contribution is -0.909. The third kappa shape index (κ3) is 5.71. The molecular formula is C25H32N3O3+. The number of aryl methyl sites for hydroxylation is 1. The number of nitrogens with one attached hydrogen (secondary N) is 2. The SMILES string of the molecule is Cc1ccc([C@@H](C[NH+]2CCOCC2)NC(=O)Cc2ccc(N3CCCC3=O)cc2)cc1. The Morgan fingerprint density at radius 2 is 1.81 bits per heavy atom. The van der Waals surface area contributed by atoms with Crippen molar-refractivity contribution in [2.45, 2.75) is 32.2 Å². The second-order valence-corrected chi connectivity index (χ2v) is 8.59. The van der Waals surface area contributed by atoms with Crippen LogP contribution in [0.1, 0.15) is 35.6 Å². The van der Waals surface area contributed by atoms with Crippen molar-refractivity contribution in [1.29, 1.82) is 0 Å². The molecule has 2 aromatic carbocycles. The molecule has 2 amide bonds. The van der Waals surface area contributed by atoms with Crippen LogP contribution < -0.4 is 15.1 Å². The van der Waals surface area contributed by atoms with Crippen LogP contribution >= 0.6 is 0 Å². The molecule has 2 saturated heterocycles. The fourth-order valence-corrected chi connectivity index (χ4v) is 4.35. The zero-order chi connectivity index (χ0) is 21.6. The van der Waals surface area contributed by atoms with E-state index in [-0.39, 0.29) is 17.9 Å². The standard InChI is InChI=1S/C25H31N3O3/c1-19-4-8-21(9-5-19)23(18-27-13-15-31-16-14-27)26-24(29)17-20-6-10-22(11-7-20)28-12-2-3-25(28)30/h4-11,23H,2-3,12-18H2,1H3,(H,26,29)/p+1/t23-/m1/s1. The molecule has 2 heterocycles. The van der Waals surface area contributed by atoms with E-state index in [4.69, 9.17) is 4.74 Å². The van der Waals surface area contributed by atoms with Crippen LogP contribution in [0.2, 0.25) is 0 Å². The lowest BCUT2D eigenvalue weighted by Gasteiger charge is -2.28. The first-order valence-electron chi connectivity index (χ1n) is 11.2. The van der Waals surface area contributed by atoms with Crippen LogP contribution in [-0.2, 0) is 20.7 Å². The van der Waals surface area contributed by atoms with Gasteiger partial charge in [0.2, 0.25) is 11.8 Å². The van der Waals surface area contributed by atoms with Gasteiger partial charge in [-0.3, -0.25) is 9.59 Å². The Morgan fingerprint density at radius 3 is 2.45 bits per heavy atom. The molecule has 6 nitrogen and oxygen atoms in total. The van der Waals surface area contributed by atoms with Crippen molar-refractivity contribution in [1.82, 2.24) is 5.32 Å². The van der Waals surface area contributed by atoms with Crippen molar-refractivity contribution < 1.29 is 19.2 Å². The highest BCUT2D eigenvalue weighted by molar-refractivity contribution is 5.95. The number of morpholine rings is 1. The first-order chi connectivity index (χ1) is 15.1. The van der Waals surface area contributed by atoms with Crippen LogP contribution in [0.15, 0.2) is 48.5 Å². The van der Waals surface area contributed by atoms with E-state index in [1.807, 2.05) is 29.2 Å². The summed E-state index contributed by atoms with van der Waals surface area (Å²) in [5, 5.41) is 3.26. The minimum Gasteiger partial charge on any atom is -0.370 e. The molecular weight excluding hydrogens is 390 g/mol. The second-order valence-electron chi connectivity index (χ2n) is 8.59. The summed E-state index contributed by atoms with van der Waals surface area (Å²) in [6.45, 7) is 7.19. The van der Waals surface area contributed by atoms with E-state index in [0.29, 0.717) is 12.8 Å². The maximum atomic E-state index is 12.9. The molecule has 0 unspecified atom stereocenters. The van der Waals surface area contributed by atoms with Crippen LogP contribution in [0.25, 0.3) is 0 Å². The predicted octanol–water partition coefficient (Wildman–Crippen LogP) is 1.44. The summed E-state index contributed by atoms with van der Waals surface area (Å²) in [6.07, 6.45) is 1.86. The van der Waals surface area contributed by atoms with E-state index in [9.17, 15) is 9.59 Å². The monoisotopic (exact) mass is 422 g/mol. The lowest BCUT2D eigenvalue weighted by atomic mass is 10.0. The van der Waals surface area contributed by atoms with Gasteiger partial charge in [0.25, 0.3) is 0 Å². The van der Waals surface area contributed by atoms with Crippen molar-refractivity contribution in [2.24, 2.45) is 0 Å². The highest BCUT2D eigenvalue weighted by Crippen LogP contribution is 2.22. The Hall–Kier alpha value is -2.70. The van der Waals surface area contributed by atoms with Gasteiger partial charge in [-0.1, -0.05) is 42.0 Å². The second kappa shape index (κ2) is 10.1. The van der Waals surface area contributed by atoms with Gasteiger partial charge in [0.05, 0.1) is 19.6 Å². The molecule has 4 rings (SSSR count). The van der Waals surface area contributed by atoms with E-state index in [2.05, 4.69) is 36.5 Å². The smallest absolute Gasteiger partial charge is 0.227 e. The summed E-state index contributed by atoms with van der Waals surface area (Å²) < 4.78 is 5.48. The van der Waals surface area contributed by atoms with Crippen LogP contribution in [0, 0.1) is 6.92 Å². The van der Waals surface area contributed by atoms with Crippen LogP contribution in [0.3, 0.4) is 0 Å². The molecule has 0 saturated carbocycles. The quantitative estimate of drug-likeness (QED) is 0.710. The summed E-state index contributed by atoms with van der Waals surface area (Å²) in [5.74, 6) is 0.195. The van der Waals surface area contributed by atoms with E-state index >= 15 is 0 Å². The van der Waals surface area contributed by atoms with Gasteiger partial charge >= 0.3 is 0 Å². The minimum absolute atomic E-state index is 0.0169. The van der Waals surface area contributed by atoms with Gasteiger partial charge in [-0.05, 0) is 36.6 Å². The Bertz CT molecular complexity index is 889. The molecule has 0 aliphatic carbocycles. The van der Waals surface area contributed by atoms with E-state index < -0.39 is 0 Å². The molecule has 6 heteroatoms. The highest BCUT2D eigenvalue weighted by atomic mass is 16.5. The fraction of sp³-hybridized carbons (Fsp3) is 0.440. The number of nitrogens with zero attached hydrogens (tertiary/aromatic N) is 1. The number of carbonyl (C=O) groups excluding carboxylic acids is 2. The van der Waals surface area contributed by atoms with Crippen molar-refractivity contribution >= 4 is 17.5 Å². The van der Waals surface area contributed by atoms with Gasteiger partial charge in [0.15, 0.2) is 0 Å². The number of carbonyl (C=O) groups is 2. The fourth-order valence-electron chi connectivity index (χ4n) is 4.35. The zero-order valence-corrected chi connectivity index (χ0v) is 18.2. The number of hydrogen-bond acceptors (Lipinski definition) is 3. The molecule has 2 aromatic rings. The molecule has 31 heavy (non-hydrogen) atoms. The zero-order valence-electron chi connectivity index (χ0n) is 18.2. The maximum Gasteiger partial charge on any atom is 0.227 e. The molecule has 0 radical (unpaired) electrons. The third-order valence-corrected chi connectivity index (χ3v) is 6.19. The Balaban J connectivity index is 1.40. The van der Waals surface area contributed by atoms with Gasteiger partial charge in [0.1, 0.15) is 25.7 Å². The molecule has 2 aliphatic heterocycles. The molecule has 2 fully saturated rings. The Morgan fingerprint density at radius 1 is 1.10 bits per heavy atom. The number of rotatable bonds is 7. The van der Waals surface area contributed by atoms with Crippen molar-refractivity contribution in [3.63, 3.8) is 0 Å². The van der Waals surface area contributed by atoms with Crippen molar-refractivity contribution in [2.75, 3.05) is 44.3 Å². The van der Waals surface area contributed by atoms with Crippen molar-refractivity contribution in [3.05, 3.63) is 65.2 Å². The number of ether oxygens (including phenoxy) is 1. The van der Waals surface area contributed by atoms with Crippen LogP contribution in [0.5, 0.6) is 0 Å². The molecule has 2 aliphatic rings. The highest BCUT2D eigenvalue weighted by Gasteiger charge is 2.24. The van der Waals surface area contributed by atoms with Crippen LogP contribution in [-0.4, -0.2) is 51.2 Å². The molecule has 0 aromatic heterocycles. The molecule has 164 valence electrons. The minimum atomic E-state index is -0.0253. The Kier molecular flexibility index (Phi) is 6.99. The van der Waals surface area contributed by atoms with Crippen LogP contribution in [0.4, 0.5) is 5.69 Å². The normalized spacial score (nSPS) is 18.2. The maximum absolute atomic E-state index is 12.9. The summed E-state index contributed by atoms with van der Waals surface area (Å²) in [4.78, 5) is 28.1. The van der Waals surface area contributed by atoms with E-state index in [1.54, 1.807) is 0 Å². The number of benzene rings is 2. The summed E-state index contributed by atoms with van der Waals surface area (Å²) in [6, 6.07) is 16.2. The lowest BCUT2D eigenvalue weighted by Crippen LogP contribution is -3.14. The number of anilines is 1. The molecule has 2 N–H and O–H groups in total. The summed E-state index contributed by atoms with van der Waals surface area (Å²) in [5.41, 5.74) is 4.22. The topological polar surface area (TPSA) is 63.1 Å². The average molecular weight is 423 g/mol. The molecule has 1 atom stereocenters. The van der Waals surface area contributed by atoms with Gasteiger partial charge in [-0.15, -0.1) is 0 Å². The summed E-state index contributed by atoms with van der Waals surface area (Å²) in [7, 11) is 0. The van der Waals surface area contributed by atoms with E-state index in [0.717, 1.165) is 62.6 Å². The Labute approximate surface area is 184 Å². The largest absolute Gasteiger partial charge is 0.370 e. The first-order valence-corrected chi connectivity index (χ1v) is 11.2. The van der Waals surface area contributed by atoms with E-state index in [1.165, 1.54) is 10.5 Å². The number of amides is 2. The molecule has 0 spiro atoms. The van der Waals surface area contributed by atoms with Gasteiger partial charge in [0, 0.05) is 18.7 Å². The first kappa shape index (κ1) is 21.5. The number of hydrogen-bond donors (Lipinski definition) is 2. The third-order valence-electron chi connectivity index (χ3n) is 6.19.